The minimum Gasteiger partial charge on any atom is -0.282 e. The fraction of sp³-hybridized carbons (Fsp3) is 0.154. The molecule has 0 saturated heterocycles. The number of nitrogens with zero attached hydrogens (tertiary/aromatic N) is 1. The van der Waals surface area contributed by atoms with Crippen molar-refractivity contribution >= 4 is 5.57 Å². The van der Waals surface area contributed by atoms with E-state index in [9.17, 15) is 0 Å². The third-order valence-corrected chi connectivity index (χ3v) is 2.31. The minimum absolute atomic E-state index is 0.890. The molecule has 0 saturated carbocycles. The summed E-state index contributed by atoms with van der Waals surface area (Å²) < 4.78 is 0. The van der Waals surface area contributed by atoms with Crippen LogP contribution in [0.25, 0.3) is 5.57 Å². The summed E-state index contributed by atoms with van der Waals surface area (Å²) in [5.41, 5.74) is 4.35. The van der Waals surface area contributed by atoms with Gasteiger partial charge in [0.25, 0.3) is 0 Å². The van der Waals surface area contributed by atoms with Crippen molar-refractivity contribution in [1.82, 2.24) is 10.2 Å². The molecule has 0 aliphatic carbocycles. The fourth-order valence-corrected chi connectivity index (χ4v) is 1.49. The van der Waals surface area contributed by atoms with Gasteiger partial charge in [-0.1, -0.05) is 36.9 Å². The van der Waals surface area contributed by atoms with Crippen LogP contribution in [0.15, 0.2) is 43.0 Å². The number of hydrogen-bond acceptors (Lipinski definition) is 1. The molecule has 0 amide bonds. The van der Waals surface area contributed by atoms with Gasteiger partial charge in [-0.2, -0.15) is 5.10 Å². The van der Waals surface area contributed by atoms with Crippen molar-refractivity contribution in [2.24, 2.45) is 0 Å². The second-order valence-electron chi connectivity index (χ2n) is 3.72. The summed E-state index contributed by atoms with van der Waals surface area (Å²) in [5, 5.41) is 7.21. The van der Waals surface area contributed by atoms with Gasteiger partial charge in [-0.05, 0) is 24.1 Å². The van der Waals surface area contributed by atoms with E-state index < -0.39 is 0 Å². The number of aromatic amines is 1. The van der Waals surface area contributed by atoms with E-state index in [0.29, 0.717) is 0 Å². The van der Waals surface area contributed by atoms with Crippen LogP contribution in [0.4, 0.5) is 0 Å². The van der Waals surface area contributed by atoms with Crippen LogP contribution in [0.2, 0.25) is 0 Å². The first-order valence-corrected chi connectivity index (χ1v) is 5.00. The molecule has 2 heteroatoms. The van der Waals surface area contributed by atoms with Crippen LogP contribution in [0.1, 0.15) is 23.9 Å². The number of aromatic nitrogens is 2. The van der Waals surface area contributed by atoms with Crippen LogP contribution < -0.4 is 0 Å². The molecule has 0 unspecified atom stereocenters. The Kier molecular flexibility index (Phi) is 2.68. The normalized spacial score (nSPS) is 10.2. The van der Waals surface area contributed by atoms with Gasteiger partial charge in [-0.25, -0.2) is 0 Å². The molecule has 15 heavy (non-hydrogen) atoms. The fourth-order valence-electron chi connectivity index (χ4n) is 1.49. The van der Waals surface area contributed by atoms with Crippen LogP contribution in [-0.4, -0.2) is 10.2 Å². The Balaban J connectivity index is 2.15. The number of H-pyrrole nitrogens is 1. The molecule has 1 aromatic heterocycles. The first-order chi connectivity index (χ1) is 7.25. The highest BCUT2D eigenvalue weighted by atomic mass is 15.1. The van der Waals surface area contributed by atoms with E-state index in [-0.39, 0.29) is 0 Å². The molecule has 1 heterocycles. The van der Waals surface area contributed by atoms with E-state index in [0.717, 1.165) is 23.4 Å². The van der Waals surface area contributed by atoms with Gasteiger partial charge in [-0.3, -0.25) is 5.10 Å². The molecule has 0 bridgehead atoms. The van der Waals surface area contributed by atoms with E-state index in [2.05, 4.69) is 35.0 Å². The molecule has 76 valence electrons. The van der Waals surface area contributed by atoms with Crippen LogP contribution in [0, 0.1) is 0 Å². The van der Waals surface area contributed by atoms with Crippen molar-refractivity contribution in [2.45, 2.75) is 13.3 Å². The van der Waals surface area contributed by atoms with Gasteiger partial charge < -0.3 is 0 Å². The maximum atomic E-state index is 4.19. The highest BCUT2D eigenvalue weighted by Gasteiger charge is 2.01. The molecule has 0 radical (unpaired) electrons. The first kappa shape index (κ1) is 9.71. The summed E-state index contributed by atoms with van der Waals surface area (Å²) in [5.74, 6) is 0. The largest absolute Gasteiger partial charge is 0.282 e. The predicted molar refractivity (Wildman–Crippen MR) is 62.5 cm³/mol. The molecule has 0 atom stereocenters. The summed E-state index contributed by atoms with van der Waals surface area (Å²) in [7, 11) is 0. The second kappa shape index (κ2) is 4.13. The van der Waals surface area contributed by atoms with Crippen molar-refractivity contribution in [3.63, 3.8) is 0 Å². The van der Waals surface area contributed by atoms with Gasteiger partial charge >= 0.3 is 0 Å². The van der Waals surface area contributed by atoms with Crippen LogP contribution in [0.3, 0.4) is 0 Å². The van der Waals surface area contributed by atoms with Gasteiger partial charge in [0.05, 0.1) is 5.69 Å². The highest BCUT2D eigenvalue weighted by molar-refractivity contribution is 5.57. The van der Waals surface area contributed by atoms with E-state index in [1.165, 1.54) is 5.56 Å². The molecule has 1 aromatic carbocycles. The number of rotatable bonds is 3. The lowest BCUT2D eigenvalue weighted by molar-refractivity contribution is 0.990. The molecule has 0 spiro atoms. The Morgan fingerprint density at radius 1 is 1.33 bits per heavy atom. The van der Waals surface area contributed by atoms with E-state index >= 15 is 0 Å². The van der Waals surface area contributed by atoms with E-state index in [1.54, 1.807) is 0 Å². The SMILES string of the molecule is C=C(C)c1cc(Cc2ccccc2)[nH]n1. The number of hydrogen-bond donors (Lipinski definition) is 1. The average molecular weight is 198 g/mol. The molecule has 0 aliphatic rings. The molecule has 1 N–H and O–H groups in total. The third-order valence-electron chi connectivity index (χ3n) is 2.31. The summed E-state index contributed by atoms with van der Waals surface area (Å²) in [4.78, 5) is 0. The van der Waals surface area contributed by atoms with E-state index in [1.807, 2.05) is 25.1 Å². The zero-order chi connectivity index (χ0) is 10.7. The van der Waals surface area contributed by atoms with Crippen LogP contribution >= 0.6 is 0 Å². The Bertz CT molecular complexity index is 454. The predicted octanol–water partition coefficient (Wildman–Crippen LogP) is 3.03. The molecular weight excluding hydrogens is 184 g/mol. The van der Waals surface area contributed by atoms with Crippen LogP contribution in [0.5, 0.6) is 0 Å². The van der Waals surface area contributed by atoms with E-state index in [4.69, 9.17) is 0 Å². The lowest BCUT2D eigenvalue weighted by atomic mass is 10.1. The lowest BCUT2D eigenvalue weighted by Gasteiger charge is -1.96. The quantitative estimate of drug-likeness (QED) is 0.806. The lowest BCUT2D eigenvalue weighted by Crippen LogP contribution is -1.87. The molecule has 2 nitrogen and oxygen atoms in total. The maximum absolute atomic E-state index is 4.19. The van der Waals surface area contributed by atoms with Crippen molar-refractivity contribution in [3.8, 4) is 0 Å². The van der Waals surface area contributed by atoms with Crippen molar-refractivity contribution < 1.29 is 0 Å². The molecule has 2 rings (SSSR count). The summed E-state index contributed by atoms with van der Waals surface area (Å²) >= 11 is 0. The van der Waals surface area contributed by atoms with Crippen molar-refractivity contribution in [2.75, 3.05) is 0 Å². The van der Waals surface area contributed by atoms with Gasteiger partial charge in [0.1, 0.15) is 0 Å². The van der Waals surface area contributed by atoms with Crippen molar-refractivity contribution in [3.05, 3.63) is 59.9 Å². The second-order valence-corrected chi connectivity index (χ2v) is 3.72. The van der Waals surface area contributed by atoms with Gasteiger partial charge in [0, 0.05) is 12.1 Å². The van der Waals surface area contributed by atoms with Gasteiger partial charge in [0.2, 0.25) is 0 Å². The Morgan fingerprint density at radius 2 is 2.07 bits per heavy atom. The minimum atomic E-state index is 0.890. The number of benzene rings is 1. The third kappa shape index (κ3) is 2.34. The summed E-state index contributed by atoms with van der Waals surface area (Å²) in [6.07, 6.45) is 0.890. The average Bonchev–Trinajstić information content (AvgIpc) is 2.68. The number of allylic oxidation sites excluding steroid dienone is 1. The smallest absolute Gasteiger partial charge is 0.0874 e. The molecular formula is C13H14N2. The summed E-state index contributed by atoms with van der Waals surface area (Å²) in [6, 6.07) is 12.4. The van der Waals surface area contributed by atoms with Gasteiger partial charge in [0.15, 0.2) is 0 Å². The number of nitrogens with one attached hydrogen (secondary N) is 1. The Morgan fingerprint density at radius 3 is 2.67 bits per heavy atom. The van der Waals surface area contributed by atoms with Crippen LogP contribution in [-0.2, 0) is 6.42 Å². The highest BCUT2D eigenvalue weighted by Crippen LogP contribution is 2.12. The Hall–Kier alpha value is -1.83. The Labute approximate surface area is 89.7 Å². The first-order valence-electron chi connectivity index (χ1n) is 5.00. The zero-order valence-corrected chi connectivity index (χ0v) is 8.83. The molecule has 2 aromatic rings. The standard InChI is InChI=1S/C13H14N2/c1-10(2)13-9-12(14-15-13)8-11-6-4-3-5-7-11/h3-7,9H,1,8H2,2H3,(H,14,15). The zero-order valence-electron chi connectivity index (χ0n) is 8.83. The maximum Gasteiger partial charge on any atom is 0.0874 e. The molecule has 0 aliphatic heterocycles. The summed E-state index contributed by atoms with van der Waals surface area (Å²) in [6.45, 7) is 5.82. The molecule has 0 fully saturated rings. The topological polar surface area (TPSA) is 28.7 Å². The van der Waals surface area contributed by atoms with Gasteiger partial charge in [-0.15, -0.1) is 0 Å². The van der Waals surface area contributed by atoms with Crippen molar-refractivity contribution in [1.29, 1.82) is 0 Å². The monoisotopic (exact) mass is 198 g/mol.